The predicted octanol–water partition coefficient (Wildman–Crippen LogP) is 3.64. The summed E-state index contributed by atoms with van der Waals surface area (Å²) in [5, 5.41) is 7.91. The SMILES string of the molecule is O=C([C@@H]1CCCO1)N1CCN(Cc2ccc3cc(Oc4ccc(-c5ccn[nH]5)cn4)ccc3n2)CC1. The molecule has 2 saturated heterocycles. The minimum absolute atomic E-state index is 0.151. The van der Waals surface area contributed by atoms with Crippen molar-refractivity contribution < 1.29 is 14.3 Å². The number of aromatic nitrogens is 4. The molecule has 36 heavy (non-hydrogen) atoms. The molecule has 0 aliphatic carbocycles. The maximum Gasteiger partial charge on any atom is 0.251 e. The van der Waals surface area contributed by atoms with Gasteiger partial charge in [0.2, 0.25) is 5.88 Å². The first-order valence-corrected chi connectivity index (χ1v) is 12.4. The fourth-order valence-corrected chi connectivity index (χ4v) is 4.77. The van der Waals surface area contributed by atoms with Crippen LogP contribution in [0.15, 0.2) is 60.9 Å². The van der Waals surface area contributed by atoms with Gasteiger partial charge >= 0.3 is 0 Å². The van der Waals surface area contributed by atoms with E-state index in [0.717, 1.165) is 73.4 Å². The molecule has 0 bridgehead atoms. The molecule has 3 aromatic heterocycles. The molecule has 1 amide bonds. The van der Waals surface area contributed by atoms with Crippen LogP contribution in [-0.4, -0.2) is 74.8 Å². The van der Waals surface area contributed by atoms with E-state index in [1.54, 1.807) is 12.4 Å². The summed E-state index contributed by atoms with van der Waals surface area (Å²) in [4.78, 5) is 26.1. The number of hydrogen-bond acceptors (Lipinski definition) is 7. The van der Waals surface area contributed by atoms with Gasteiger partial charge in [0.05, 0.1) is 16.9 Å². The highest BCUT2D eigenvalue weighted by atomic mass is 16.5. The highest BCUT2D eigenvalue weighted by Gasteiger charge is 2.30. The molecule has 1 atom stereocenters. The first-order chi connectivity index (χ1) is 17.7. The lowest BCUT2D eigenvalue weighted by molar-refractivity contribution is -0.142. The second-order valence-electron chi connectivity index (χ2n) is 9.22. The van der Waals surface area contributed by atoms with Gasteiger partial charge in [0.1, 0.15) is 11.9 Å². The number of nitrogens with one attached hydrogen (secondary N) is 1. The summed E-state index contributed by atoms with van der Waals surface area (Å²) in [6.45, 7) is 4.64. The van der Waals surface area contributed by atoms with Crippen LogP contribution in [0.4, 0.5) is 0 Å². The number of rotatable bonds is 6. The summed E-state index contributed by atoms with van der Waals surface area (Å²) >= 11 is 0. The molecule has 4 aromatic rings. The average molecular weight is 485 g/mol. The maximum absolute atomic E-state index is 12.6. The molecule has 9 nitrogen and oxygen atoms in total. The van der Waals surface area contributed by atoms with Gasteiger partial charge in [0.25, 0.3) is 5.91 Å². The highest BCUT2D eigenvalue weighted by molar-refractivity contribution is 5.81. The normalized spacial score (nSPS) is 18.6. The van der Waals surface area contributed by atoms with E-state index in [2.05, 4.69) is 32.2 Å². The maximum atomic E-state index is 12.6. The Morgan fingerprint density at radius 3 is 2.75 bits per heavy atom. The molecule has 2 aliphatic heterocycles. The molecule has 0 saturated carbocycles. The van der Waals surface area contributed by atoms with E-state index in [4.69, 9.17) is 14.5 Å². The largest absolute Gasteiger partial charge is 0.439 e. The first kappa shape index (κ1) is 22.6. The number of carbonyl (C=O) groups is 1. The lowest BCUT2D eigenvalue weighted by Crippen LogP contribution is -2.51. The summed E-state index contributed by atoms with van der Waals surface area (Å²) in [7, 11) is 0. The molecule has 184 valence electrons. The van der Waals surface area contributed by atoms with E-state index in [0.29, 0.717) is 18.2 Å². The summed E-state index contributed by atoms with van der Waals surface area (Å²) in [6, 6.07) is 15.7. The monoisotopic (exact) mass is 484 g/mol. The van der Waals surface area contributed by atoms with Crippen LogP contribution in [0.2, 0.25) is 0 Å². The summed E-state index contributed by atoms with van der Waals surface area (Å²) in [6.07, 6.45) is 5.07. The fourth-order valence-electron chi connectivity index (χ4n) is 4.77. The second-order valence-corrected chi connectivity index (χ2v) is 9.22. The van der Waals surface area contributed by atoms with Crippen LogP contribution in [-0.2, 0) is 16.1 Å². The average Bonchev–Trinajstić information content (AvgIpc) is 3.65. The Balaban J connectivity index is 1.06. The van der Waals surface area contributed by atoms with Crippen molar-refractivity contribution in [2.24, 2.45) is 0 Å². The lowest BCUT2D eigenvalue weighted by atomic mass is 10.1. The van der Waals surface area contributed by atoms with Gasteiger partial charge in [-0.1, -0.05) is 6.07 Å². The van der Waals surface area contributed by atoms with Gasteiger partial charge in [-0.15, -0.1) is 0 Å². The molecule has 2 fully saturated rings. The van der Waals surface area contributed by atoms with Crippen molar-refractivity contribution in [2.45, 2.75) is 25.5 Å². The second kappa shape index (κ2) is 10.0. The predicted molar refractivity (Wildman–Crippen MR) is 134 cm³/mol. The van der Waals surface area contributed by atoms with Crippen molar-refractivity contribution in [3.63, 3.8) is 0 Å². The molecule has 0 radical (unpaired) electrons. The van der Waals surface area contributed by atoms with Gasteiger partial charge in [-0.25, -0.2) is 4.98 Å². The van der Waals surface area contributed by atoms with E-state index in [9.17, 15) is 4.79 Å². The van der Waals surface area contributed by atoms with Crippen molar-refractivity contribution in [2.75, 3.05) is 32.8 Å². The van der Waals surface area contributed by atoms with E-state index >= 15 is 0 Å². The Kier molecular flexibility index (Phi) is 6.31. The Hall–Kier alpha value is -3.82. The van der Waals surface area contributed by atoms with Crippen molar-refractivity contribution in [3.05, 3.63) is 66.6 Å². The van der Waals surface area contributed by atoms with Gasteiger partial charge in [0.15, 0.2) is 0 Å². The number of H-pyrrole nitrogens is 1. The van der Waals surface area contributed by atoms with Gasteiger partial charge in [-0.2, -0.15) is 5.10 Å². The molecule has 0 spiro atoms. The van der Waals surface area contributed by atoms with Gasteiger partial charge < -0.3 is 14.4 Å². The smallest absolute Gasteiger partial charge is 0.251 e. The van der Waals surface area contributed by atoms with E-state index in [1.165, 1.54) is 0 Å². The zero-order chi connectivity index (χ0) is 24.3. The van der Waals surface area contributed by atoms with E-state index in [-0.39, 0.29) is 12.0 Å². The van der Waals surface area contributed by atoms with Crippen LogP contribution in [0.5, 0.6) is 11.6 Å². The molecule has 1 N–H and O–H groups in total. The molecular weight excluding hydrogens is 456 g/mol. The number of carbonyl (C=O) groups excluding carboxylic acids is 1. The Morgan fingerprint density at radius 1 is 1.08 bits per heavy atom. The van der Waals surface area contributed by atoms with Crippen molar-refractivity contribution in [1.82, 2.24) is 30.0 Å². The number of aromatic amines is 1. The third-order valence-corrected chi connectivity index (χ3v) is 6.76. The molecule has 2 aliphatic rings. The molecular formula is C27H28N6O3. The lowest BCUT2D eigenvalue weighted by Gasteiger charge is -2.35. The fraction of sp³-hybridized carbons (Fsp3) is 0.333. The number of ether oxygens (including phenoxy) is 2. The van der Waals surface area contributed by atoms with Crippen LogP contribution in [0.25, 0.3) is 22.2 Å². The molecule has 0 unspecified atom stereocenters. The minimum Gasteiger partial charge on any atom is -0.439 e. The number of hydrogen-bond donors (Lipinski definition) is 1. The van der Waals surface area contributed by atoms with E-state index in [1.807, 2.05) is 41.3 Å². The van der Waals surface area contributed by atoms with Crippen LogP contribution >= 0.6 is 0 Å². The topological polar surface area (TPSA) is 96.5 Å². The number of pyridine rings is 2. The van der Waals surface area contributed by atoms with E-state index < -0.39 is 0 Å². The Morgan fingerprint density at radius 2 is 2.00 bits per heavy atom. The van der Waals surface area contributed by atoms with Crippen LogP contribution in [0, 0.1) is 0 Å². The zero-order valence-electron chi connectivity index (χ0n) is 20.0. The molecule has 9 heteroatoms. The van der Waals surface area contributed by atoms with Gasteiger partial charge in [0, 0.05) is 68.7 Å². The minimum atomic E-state index is -0.232. The quantitative estimate of drug-likeness (QED) is 0.446. The number of fused-ring (bicyclic) bond motifs is 1. The highest BCUT2D eigenvalue weighted by Crippen LogP contribution is 2.26. The van der Waals surface area contributed by atoms with Crippen LogP contribution < -0.4 is 4.74 Å². The summed E-state index contributed by atoms with van der Waals surface area (Å²) in [5.41, 5.74) is 3.81. The van der Waals surface area contributed by atoms with Crippen molar-refractivity contribution >= 4 is 16.8 Å². The third-order valence-electron chi connectivity index (χ3n) is 6.76. The third kappa shape index (κ3) is 4.93. The van der Waals surface area contributed by atoms with Crippen molar-refractivity contribution in [3.8, 4) is 22.9 Å². The zero-order valence-corrected chi connectivity index (χ0v) is 20.0. The van der Waals surface area contributed by atoms with Gasteiger partial charge in [-0.05, 0) is 49.2 Å². The number of nitrogens with zero attached hydrogens (tertiary/aromatic N) is 5. The summed E-state index contributed by atoms with van der Waals surface area (Å²) < 4.78 is 11.5. The van der Waals surface area contributed by atoms with Crippen LogP contribution in [0.1, 0.15) is 18.5 Å². The Labute approximate surface area is 209 Å². The molecule has 6 rings (SSSR count). The van der Waals surface area contributed by atoms with Crippen LogP contribution in [0.3, 0.4) is 0 Å². The number of amides is 1. The first-order valence-electron chi connectivity index (χ1n) is 12.4. The molecule has 5 heterocycles. The number of piperazine rings is 1. The standard InChI is InChI=1S/C27H28N6O3/c34-27(25-2-1-15-35-25)33-13-11-32(12-14-33)18-21-5-3-19-16-22(6-7-23(19)30-21)36-26-8-4-20(17-28-26)24-9-10-29-31-24/h3-10,16-17,25H,1-2,11-15,18H2,(H,29,31)/t25-/m0/s1. The van der Waals surface area contributed by atoms with Crippen molar-refractivity contribution in [1.29, 1.82) is 0 Å². The molecule has 1 aromatic carbocycles. The van der Waals surface area contributed by atoms with Gasteiger partial charge in [-0.3, -0.25) is 19.8 Å². The Bertz CT molecular complexity index is 1330. The number of benzene rings is 1. The summed E-state index contributed by atoms with van der Waals surface area (Å²) in [5.74, 6) is 1.39.